The second kappa shape index (κ2) is 6.29. The molecule has 2 N–H and O–H groups in total. The SMILES string of the molecule is Cc1c(NCc2cc(Cl)ccc2Br)cccc1C(=O)O. The van der Waals surface area contributed by atoms with Crippen LogP contribution in [0.25, 0.3) is 0 Å². The number of carboxylic acid groups (broad SMARTS) is 1. The molecule has 0 heterocycles. The first kappa shape index (κ1) is 14.9. The molecule has 0 radical (unpaired) electrons. The van der Waals surface area contributed by atoms with E-state index in [4.69, 9.17) is 16.7 Å². The van der Waals surface area contributed by atoms with Crippen LogP contribution in [0.4, 0.5) is 5.69 Å². The van der Waals surface area contributed by atoms with Crippen molar-refractivity contribution in [3.05, 3.63) is 62.6 Å². The van der Waals surface area contributed by atoms with Gasteiger partial charge in [0.15, 0.2) is 0 Å². The molecule has 0 aliphatic heterocycles. The fourth-order valence-corrected chi connectivity index (χ4v) is 2.51. The average Bonchev–Trinajstić information content (AvgIpc) is 2.41. The Morgan fingerprint density at radius 2 is 2.10 bits per heavy atom. The van der Waals surface area contributed by atoms with Crippen LogP contribution >= 0.6 is 27.5 Å². The lowest BCUT2D eigenvalue weighted by molar-refractivity contribution is 0.0696. The normalized spacial score (nSPS) is 10.3. The molecule has 0 saturated carbocycles. The third kappa shape index (κ3) is 3.32. The standard InChI is InChI=1S/C15H13BrClNO2/c1-9-12(15(19)20)3-2-4-14(9)18-8-10-7-11(17)5-6-13(10)16/h2-7,18H,8H2,1H3,(H,19,20). The second-order valence-electron chi connectivity index (χ2n) is 4.37. The molecule has 20 heavy (non-hydrogen) atoms. The number of hydrogen-bond acceptors (Lipinski definition) is 2. The van der Waals surface area contributed by atoms with Gasteiger partial charge in [-0.15, -0.1) is 0 Å². The van der Waals surface area contributed by atoms with Crippen LogP contribution in [0.5, 0.6) is 0 Å². The van der Waals surface area contributed by atoms with Gasteiger partial charge in [0.2, 0.25) is 0 Å². The van der Waals surface area contributed by atoms with Crippen LogP contribution in [0.1, 0.15) is 21.5 Å². The largest absolute Gasteiger partial charge is 0.478 e. The van der Waals surface area contributed by atoms with Gasteiger partial charge in [-0.05, 0) is 48.4 Å². The number of nitrogens with one attached hydrogen (secondary N) is 1. The Kier molecular flexibility index (Phi) is 4.68. The summed E-state index contributed by atoms with van der Waals surface area (Å²) in [5, 5.41) is 13.0. The maximum absolute atomic E-state index is 11.1. The van der Waals surface area contributed by atoms with Crippen molar-refractivity contribution in [3.63, 3.8) is 0 Å². The summed E-state index contributed by atoms with van der Waals surface area (Å²) < 4.78 is 0.960. The maximum Gasteiger partial charge on any atom is 0.336 e. The zero-order valence-corrected chi connectivity index (χ0v) is 13.1. The lowest BCUT2D eigenvalue weighted by Gasteiger charge is -2.12. The first-order valence-corrected chi connectivity index (χ1v) is 7.17. The zero-order valence-electron chi connectivity index (χ0n) is 10.8. The third-order valence-corrected chi connectivity index (χ3v) is 4.05. The molecule has 0 aromatic heterocycles. The van der Waals surface area contributed by atoms with E-state index >= 15 is 0 Å². The van der Waals surface area contributed by atoms with Crippen LogP contribution in [0.15, 0.2) is 40.9 Å². The lowest BCUT2D eigenvalue weighted by atomic mass is 10.1. The molecule has 0 unspecified atom stereocenters. The molecule has 0 aliphatic rings. The van der Waals surface area contributed by atoms with Gasteiger partial charge >= 0.3 is 5.97 Å². The Morgan fingerprint density at radius 3 is 2.80 bits per heavy atom. The molecule has 2 aromatic carbocycles. The molecule has 0 spiro atoms. The lowest BCUT2D eigenvalue weighted by Crippen LogP contribution is -2.06. The van der Waals surface area contributed by atoms with E-state index in [-0.39, 0.29) is 0 Å². The van der Waals surface area contributed by atoms with Gasteiger partial charge in [-0.25, -0.2) is 4.79 Å². The Hall–Kier alpha value is -1.52. The Labute approximate surface area is 130 Å². The highest BCUT2D eigenvalue weighted by atomic mass is 79.9. The monoisotopic (exact) mass is 353 g/mol. The van der Waals surface area contributed by atoms with Crippen molar-refractivity contribution in [2.45, 2.75) is 13.5 Å². The van der Waals surface area contributed by atoms with Gasteiger partial charge in [-0.1, -0.05) is 33.6 Å². The molecule has 0 aliphatic carbocycles. The van der Waals surface area contributed by atoms with E-state index in [1.165, 1.54) is 0 Å². The highest BCUT2D eigenvalue weighted by Gasteiger charge is 2.10. The number of halogens is 2. The van der Waals surface area contributed by atoms with Crippen molar-refractivity contribution in [3.8, 4) is 0 Å². The number of hydrogen-bond donors (Lipinski definition) is 2. The van der Waals surface area contributed by atoms with Crippen molar-refractivity contribution in [2.75, 3.05) is 5.32 Å². The predicted octanol–water partition coefficient (Wildman–Crippen LogP) is 4.72. The molecule has 0 fully saturated rings. The highest BCUT2D eigenvalue weighted by molar-refractivity contribution is 9.10. The highest BCUT2D eigenvalue weighted by Crippen LogP contribution is 2.24. The number of carboxylic acids is 1. The van der Waals surface area contributed by atoms with Crippen molar-refractivity contribution in [2.24, 2.45) is 0 Å². The van der Waals surface area contributed by atoms with Gasteiger partial charge in [-0.2, -0.15) is 0 Å². The van der Waals surface area contributed by atoms with E-state index < -0.39 is 5.97 Å². The minimum atomic E-state index is -0.921. The smallest absolute Gasteiger partial charge is 0.336 e. The summed E-state index contributed by atoms with van der Waals surface area (Å²) >= 11 is 9.44. The van der Waals surface area contributed by atoms with Gasteiger partial charge in [0, 0.05) is 21.7 Å². The summed E-state index contributed by atoms with van der Waals surface area (Å²) in [5.74, 6) is -0.921. The summed E-state index contributed by atoms with van der Waals surface area (Å²) in [5.41, 5.74) is 2.84. The number of benzene rings is 2. The van der Waals surface area contributed by atoms with E-state index in [0.29, 0.717) is 17.1 Å². The van der Waals surface area contributed by atoms with Gasteiger partial charge in [0.05, 0.1) is 5.56 Å². The molecule has 104 valence electrons. The third-order valence-electron chi connectivity index (χ3n) is 3.04. The van der Waals surface area contributed by atoms with E-state index in [9.17, 15) is 4.79 Å². The zero-order chi connectivity index (χ0) is 14.7. The molecule has 0 bridgehead atoms. The Bertz CT molecular complexity index is 658. The fourth-order valence-electron chi connectivity index (χ4n) is 1.93. The van der Waals surface area contributed by atoms with Crippen molar-refractivity contribution >= 4 is 39.2 Å². The van der Waals surface area contributed by atoms with Crippen LogP contribution < -0.4 is 5.32 Å². The van der Waals surface area contributed by atoms with Crippen molar-refractivity contribution < 1.29 is 9.90 Å². The first-order chi connectivity index (χ1) is 9.49. The van der Waals surface area contributed by atoms with E-state index in [2.05, 4.69) is 21.2 Å². The van der Waals surface area contributed by atoms with Crippen LogP contribution in [0, 0.1) is 6.92 Å². The van der Waals surface area contributed by atoms with Crippen LogP contribution in [0.2, 0.25) is 5.02 Å². The fraction of sp³-hybridized carbons (Fsp3) is 0.133. The molecule has 2 rings (SSSR count). The van der Waals surface area contributed by atoms with Crippen LogP contribution in [-0.4, -0.2) is 11.1 Å². The Morgan fingerprint density at radius 1 is 1.35 bits per heavy atom. The molecule has 0 saturated heterocycles. The van der Waals surface area contributed by atoms with Gasteiger partial charge < -0.3 is 10.4 Å². The number of rotatable bonds is 4. The minimum Gasteiger partial charge on any atom is -0.478 e. The molecule has 0 amide bonds. The Balaban J connectivity index is 2.21. The van der Waals surface area contributed by atoms with Gasteiger partial charge in [0.25, 0.3) is 0 Å². The van der Waals surface area contributed by atoms with Gasteiger partial charge in [-0.3, -0.25) is 0 Å². The molecule has 2 aromatic rings. The number of aromatic carboxylic acids is 1. The predicted molar refractivity (Wildman–Crippen MR) is 84.6 cm³/mol. The van der Waals surface area contributed by atoms with Gasteiger partial charge in [0.1, 0.15) is 0 Å². The average molecular weight is 355 g/mol. The van der Waals surface area contributed by atoms with E-state index in [1.54, 1.807) is 19.1 Å². The number of carbonyl (C=O) groups is 1. The first-order valence-electron chi connectivity index (χ1n) is 5.99. The van der Waals surface area contributed by atoms with Crippen LogP contribution in [0.3, 0.4) is 0 Å². The summed E-state index contributed by atoms with van der Waals surface area (Å²) in [4.78, 5) is 11.1. The summed E-state index contributed by atoms with van der Waals surface area (Å²) in [6, 6.07) is 10.8. The summed E-state index contributed by atoms with van der Waals surface area (Å²) in [6.07, 6.45) is 0. The molecule has 3 nitrogen and oxygen atoms in total. The summed E-state index contributed by atoms with van der Waals surface area (Å²) in [7, 11) is 0. The molecule has 5 heteroatoms. The molecular weight excluding hydrogens is 342 g/mol. The number of anilines is 1. The maximum atomic E-state index is 11.1. The topological polar surface area (TPSA) is 49.3 Å². The van der Waals surface area contributed by atoms with Crippen LogP contribution in [-0.2, 0) is 6.54 Å². The minimum absolute atomic E-state index is 0.306. The van der Waals surface area contributed by atoms with Crippen molar-refractivity contribution in [1.82, 2.24) is 0 Å². The van der Waals surface area contributed by atoms with E-state index in [0.717, 1.165) is 21.3 Å². The molecule has 0 atom stereocenters. The second-order valence-corrected chi connectivity index (χ2v) is 5.66. The quantitative estimate of drug-likeness (QED) is 0.835. The van der Waals surface area contributed by atoms with Crippen molar-refractivity contribution in [1.29, 1.82) is 0 Å². The molecular formula is C15H13BrClNO2. The summed E-state index contributed by atoms with van der Waals surface area (Å²) in [6.45, 7) is 2.35. The van der Waals surface area contributed by atoms with E-state index in [1.807, 2.05) is 24.3 Å².